The molecule has 0 aliphatic rings. The summed E-state index contributed by atoms with van der Waals surface area (Å²) in [6.07, 6.45) is 2.10. The molecule has 2 nitrogen and oxygen atoms in total. The molecule has 0 radical (unpaired) electrons. The first-order chi connectivity index (χ1) is 10.3. The maximum absolute atomic E-state index is 8.95. The molecule has 2 heteroatoms. The fourth-order valence-corrected chi connectivity index (χ4v) is 2.16. The predicted octanol–water partition coefficient (Wildman–Crippen LogP) is 2.86. The summed E-state index contributed by atoms with van der Waals surface area (Å²) in [6, 6.07) is 18.3. The normalized spacial score (nSPS) is 11.5. The van der Waals surface area contributed by atoms with E-state index in [1.165, 1.54) is 11.1 Å². The van der Waals surface area contributed by atoms with E-state index >= 15 is 0 Å². The zero-order valence-corrected chi connectivity index (χ0v) is 12.1. The third-order valence-corrected chi connectivity index (χ3v) is 3.37. The van der Waals surface area contributed by atoms with Crippen LogP contribution >= 0.6 is 0 Å². The van der Waals surface area contributed by atoms with Gasteiger partial charge in [0.1, 0.15) is 0 Å². The van der Waals surface area contributed by atoms with Gasteiger partial charge < -0.3 is 10.8 Å². The summed E-state index contributed by atoms with van der Waals surface area (Å²) >= 11 is 0. The van der Waals surface area contributed by atoms with Gasteiger partial charge >= 0.3 is 0 Å². The fraction of sp³-hybridized carbons (Fsp3) is 0.263. The lowest BCUT2D eigenvalue weighted by atomic mass is 10.0. The average Bonchev–Trinajstić information content (AvgIpc) is 2.53. The summed E-state index contributed by atoms with van der Waals surface area (Å²) in [7, 11) is 0. The lowest BCUT2D eigenvalue weighted by molar-refractivity contribution is 0.276. The monoisotopic (exact) mass is 279 g/mol. The standard InChI is InChI=1S/C19H21NO/c20-19(13-14-21)18-12-6-11-17(15-18)10-5-4-9-16-7-2-1-3-8-16/h1-3,6-8,11-12,15,19,21H,9-10,13-14,20H2. The highest BCUT2D eigenvalue weighted by Crippen LogP contribution is 2.15. The van der Waals surface area contributed by atoms with E-state index in [0.717, 1.165) is 18.4 Å². The van der Waals surface area contributed by atoms with Gasteiger partial charge in [-0.1, -0.05) is 66.4 Å². The molecule has 3 N–H and O–H groups in total. The molecule has 0 bridgehead atoms. The van der Waals surface area contributed by atoms with Gasteiger partial charge in [-0.15, -0.1) is 0 Å². The molecule has 1 atom stereocenters. The van der Waals surface area contributed by atoms with Crippen molar-refractivity contribution in [3.05, 3.63) is 71.3 Å². The van der Waals surface area contributed by atoms with Crippen LogP contribution in [0.4, 0.5) is 0 Å². The minimum Gasteiger partial charge on any atom is -0.396 e. The lowest BCUT2D eigenvalue weighted by Crippen LogP contribution is -2.12. The lowest BCUT2D eigenvalue weighted by Gasteiger charge is -2.11. The Morgan fingerprint density at radius 3 is 2.29 bits per heavy atom. The number of nitrogens with two attached hydrogens (primary N) is 1. The third-order valence-electron chi connectivity index (χ3n) is 3.37. The molecule has 2 aromatic rings. The fourth-order valence-electron chi connectivity index (χ4n) is 2.16. The summed E-state index contributed by atoms with van der Waals surface area (Å²) in [5.41, 5.74) is 9.48. The largest absolute Gasteiger partial charge is 0.396 e. The molecule has 0 aliphatic carbocycles. The van der Waals surface area contributed by atoms with Gasteiger partial charge in [0, 0.05) is 25.5 Å². The van der Waals surface area contributed by atoms with Gasteiger partial charge in [-0.25, -0.2) is 0 Å². The van der Waals surface area contributed by atoms with Crippen molar-refractivity contribution in [2.75, 3.05) is 6.61 Å². The molecule has 1 unspecified atom stereocenters. The van der Waals surface area contributed by atoms with E-state index in [1.807, 2.05) is 30.3 Å². The van der Waals surface area contributed by atoms with Gasteiger partial charge in [0.2, 0.25) is 0 Å². The zero-order chi connectivity index (χ0) is 14.9. The van der Waals surface area contributed by atoms with E-state index in [2.05, 4.69) is 36.1 Å². The smallest absolute Gasteiger partial charge is 0.0449 e. The first-order valence-electron chi connectivity index (χ1n) is 7.24. The second kappa shape index (κ2) is 8.26. The van der Waals surface area contributed by atoms with Crippen LogP contribution in [0.3, 0.4) is 0 Å². The number of hydrogen-bond donors (Lipinski definition) is 2. The molecular weight excluding hydrogens is 258 g/mol. The van der Waals surface area contributed by atoms with E-state index in [1.54, 1.807) is 0 Å². The molecule has 0 saturated heterocycles. The van der Waals surface area contributed by atoms with Gasteiger partial charge in [0.15, 0.2) is 0 Å². The Labute approximate surface area is 126 Å². The van der Waals surface area contributed by atoms with Gasteiger partial charge in [-0.3, -0.25) is 0 Å². The Morgan fingerprint density at radius 2 is 1.57 bits per heavy atom. The van der Waals surface area contributed by atoms with E-state index in [0.29, 0.717) is 6.42 Å². The molecule has 2 aromatic carbocycles. The predicted molar refractivity (Wildman–Crippen MR) is 86.7 cm³/mol. The zero-order valence-electron chi connectivity index (χ0n) is 12.1. The minimum absolute atomic E-state index is 0.104. The third kappa shape index (κ3) is 5.07. The van der Waals surface area contributed by atoms with Crippen LogP contribution in [0, 0.1) is 11.8 Å². The van der Waals surface area contributed by atoms with Crippen molar-refractivity contribution in [2.45, 2.75) is 25.3 Å². The van der Waals surface area contributed by atoms with Crippen LogP contribution in [0.1, 0.15) is 29.2 Å². The van der Waals surface area contributed by atoms with Crippen molar-refractivity contribution in [1.82, 2.24) is 0 Å². The summed E-state index contributed by atoms with van der Waals surface area (Å²) < 4.78 is 0. The van der Waals surface area contributed by atoms with Crippen molar-refractivity contribution in [3.8, 4) is 11.8 Å². The number of aliphatic hydroxyl groups excluding tert-OH is 1. The molecule has 0 fully saturated rings. The Kier molecular flexibility index (Phi) is 6.02. The van der Waals surface area contributed by atoms with Crippen molar-refractivity contribution in [2.24, 2.45) is 5.73 Å². The highest BCUT2D eigenvalue weighted by atomic mass is 16.3. The maximum Gasteiger partial charge on any atom is 0.0449 e. The minimum atomic E-state index is -0.104. The number of benzene rings is 2. The van der Waals surface area contributed by atoms with E-state index in [9.17, 15) is 0 Å². The summed E-state index contributed by atoms with van der Waals surface area (Å²) in [6.45, 7) is 0.113. The van der Waals surface area contributed by atoms with Crippen LogP contribution in [-0.2, 0) is 12.8 Å². The van der Waals surface area contributed by atoms with Crippen molar-refractivity contribution in [1.29, 1.82) is 0 Å². The Hall–Kier alpha value is -2.08. The number of hydrogen-bond acceptors (Lipinski definition) is 2. The van der Waals surface area contributed by atoms with Crippen LogP contribution < -0.4 is 5.73 Å². The van der Waals surface area contributed by atoms with Crippen molar-refractivity contribution >= 4 is 0 Å². The van der Waals surface area contributed by atoms with Gasteiger partial charge in [-0.2, -0.15) is 0 Å². The van der Waals surface area contributed by atoms with E-state index in [-0.39, 0.29) is 12.6 Å². The van der Waals surface area contributed by atoms with Crippen molar-refractivity contribution in [3.63, 3.8) is 0 Å². The molecule has 0 aromatic heterocycles. The van der Waals surface area contributed by atoms with Crippen LogP contribution in [0.2, 0.25) is 0 Å². The number of rotatable bonds is 5. The second-order valence-electron chi connectivity index (χ2n) is 5.06. The Balaban J connectivity index is 1.93. The first kappa shape index (κ1) is 15.3. The SMILES string of the molecule is NC(CCO)c1cccc(CC#CCc2ccccc2)c1. The van der Waals surface area contributed by atoms with Crippen LogP contribution in [0.15, 0.2) is 54.6 Å². The van der Waals surface area contributed by atoms with Gasteiger partial charge in [0.05, 0.1) is 0 Å². The molecule has 0 saturated carbocycles. The average molecular weight is 279 g/mol. The number of aliphatic hydroxyl groups is 1. The molecule has 0 heterocycles. The quantitative estimate of drug-likeness (QED) is 0.827. The van der Waals surface area contributed by atoms with Crippen LogP contribution in [0.25, 0.3) is 0 Å². The maximum atomic E-state index is 8.95. The Morgan fingerprint density at radius 1 is 0.905 bits per heavy atom. The molecule has 2 rings (SSSR count). The second-order valence-corrected chi connectivity index (χ2v) is 5.06. The Bertz CT molecular complexity index is 610. The summed E-state index contributed by atoms with van der Waals surface area (Å²) in [4.78, 5) is 0. The summed E-state index contributed by atoms with van der Waals surface area (Å²) in [5, 5.41) is 8.95. The molecular formula is C19H21NO. The molecule has 0 aliphatic heterocycles. The van der Waals surface area contributed by atoms with Crippen molar-refractivity contribution < 1.29 is 5.11 Å². The van der Waals surface area contributed by atoms with Gasteiger partial charge in [0.25, 0.3) is 0 Å². The topological polar surface area (TPSA) is 46.2 Å². The van der Waals surface area contributed by atoms with E-state index in [4.69, 9.17) is 10.8 Å². The highest BCUT2D eigenvalue weighted by Gasteiger charge is 2.05. The van der Waals surface area contributed by atoms with Gasteiger partial charge in [-0.05, 0) is 23.1 Å². The van der Waals surface area contributed by atoms with Crippen LogP contribution in [-0.4, -0.2) is 11.7 Å². The molecule has 0 spiro atoms. The molecule has 0 amide bonds. The molecule has 21 heavy (non-hydrogen) atoms. The first-order valence-corrected chi connectivity index (χ1v) is 7.24. The van der Waals surface area contributed by atoms with E-state index < -0.39 is 0 Å². The highest BCUT2D eigenvalue weighted by molar-refractivity contribution is 5.29. The van der Waals surface area contributed by atoms with Crippen LogP contribution in [0.5, 0.6) is 0 Å². The summed E-state index contributed by atoms with van der Waals surface area (Å²) in [5.74, 6) is 6.41. The molecule has 108 valence electrons.